The highest BCUT2D eigenvalue weighted by molar-refractivity contribution is 5.82. The number of rotatable bonds is 18. The van der Waals surface area contributed by atoms with Gasteiger partial charge in [-0.3, -0.25) is 14.4 Å². The topological polar surface area (TPSA) is 91.7 Å². The minimum atomic E-state index is -0.935. The number of ketones is 1. The highest BCUT2D eigenvalue weighted by Crippen LogP contribution is 2.25. The molecule has 0 aliphatic rings. The fraction of sp³-hybridized carbons (Fsp3) is 0.857. The van der Waals surface area contributed by atoms with Crippen LogP contribution in [0.25, 0.3) is 0 Å². The largest absolute Gasteiger partial charge is 0.481 e. The van der Waals surface area contributed by atoms with Gasteiger partial charge >= 0.3 is 11.9 Å². The van der Waals surface area contributed by atoms with E-state index in [9.17, 15) is 14.4 Å². The third-order valence-corrected chi connectivity index (χ3v) is 5.02. The van der Waals surface area contributed by atoms with E-state index in [0.717, 1.165) is 25.7 Å². The second-order valence-corrected chi connectivity index (χ2v) is 7.44. The standard InChI is InChI=1S/C21H38O5/c1-3-5-6-7-8-9-11-17(10-4-2)16-19(22)18(12-14-20(23)24)13-15-21(25)26/h17-18H,3-16H2,1-2H3,(H,23,24)(H,25,26). The number of carboxylic acid groups (broad SMARTS) is 2. The highest BCUT2D eigenvalue weighted by Gasteiger charge is 2.23. The molecule has 0 saturated heterocycles. The van der Waals surface area contributed by atoms with Crippen molar-refractivity contribution in [1.82, 2.24) is 0 Å². The Labute approximate surface area is 158 Å². The van der Waals surface area contributed by atoms with Crippen molar-refractivity contribution in [1.29, 1.82) is 0 Å². The Balaban J connectivity index is 4.47. The van der Waals surface area contributed by atoms with Crippen molar-refractivity contribution in [2.75, 3.05) is 0 Å². The van der Waals surface area contributed by atoms with Crippen LogP contribution in [0.15, 0.2) is 0 Å². The van der Waals surface area contributed by atoms with Crippen LogP contribution in [0.3, 0.4) is 0 Å². The molecule has 0 fully saturated rings. The van der Waals surface area contributed by atoms with Crippen molar-refractivity contribution >= 4 is 17.7 Å². The maximum atomic E-state index is 12.6. The lowest BCUT2D eigenvalue weighted by molar-refractivity contribution is -0.137. The van der Waals surface area contributed by atoms with E-state index in [2.05, 4.69) is 13.8 Å². The molecule has 0 radical (unpaired) electrons. The summed E-state index contributed by atoms with van der Waals surface area (Å²) in [6.45, 7) is 4.32. The first kappa shape index (κ1) is 24.6. The first-order chi connectivity index (χ1) is 12.4. The normalized spacial score (nSPS) is 12.3. The lowest BCUT2D eigenvalue weighted by atomic mass is 9.84. The van der Waals surface area contributed by atoms with E-state index in [-0.39, 0.29) is 31.5 Å². The Morgan fingerprint density at radius 2 is 1.23 bits per heavy atom. The summed E-state index contributed by atoms with van der Waals surface area (Å²) in [6, 6.07) is 0. The quantitative estimate of drug-likeness (QED) is 0.313. The molecular formula is C21H38O5. The van der Waals surface area contributed by atoms with Gasteiger partial charge in [-0.05, 0) is 18.8 Å². The summed E-state index contributed by atoms with van der Waals surface area (Å²) in [5, 5.41) is 17.7. The maximum Gasteiger partial charge on any atom is 0.303 e. The minimum absolute atomic E-state index is 0.0527. The summed E-state index contributed by atoms with van der Waals surface area (Å²) >= 11 is 0. The average molecular weight is 371 g/mol. The van der Waals surface area contributed by atoms with E-state index in [1.807, 2.05) is 0 Å². The lowest BCUT2D eigenvalue weighted by Gasteiger charge is -2.20. The Hall–Kier alpha value is -1.39. The molecular weight excluding hydrogens is 332 g/mol. The molecule has 0 bridgehead atoms. The molecule has 0 spiro atoms. The van der Waals surface area contributed by atoms with Crippen molar-refractivity contribution in [2.24, 2.45) is 11.8 Å². The number of hydrogen-bond acceptors (Lipinski definition) is 3. The zero-order chi connectivity index (χ0) is 19.8. The molecule has 0 rings (SSSR count). The second kappa shape index (κ2) is 15.8. The summed E-state index contributed by atoms with van der Waals surface area (Å²) < 4.78 is 0. The van der Waals surface area contributed by atoms with E-state index in [1.165, 1.54) is 32.1 Å². The summed E-state index contributed by atoms with van der Waals surface area (Å²) in [4.78, 5) is 34.3. The number of carboxylic acids is 2. The van der Waals surface area contributed by atoms with Crippen molar-refractivity contribution < 1.29 is 24.6 Å². The van der Waals surface area contributed by atoms with Gasteiger partial charge in [0.15, 0.2) is 0 Å². The van der Waals surface area contributed by atoms with Gasteiger partial charge in [0.05, 0.1) is 0 Å². The molecule has 0 aromatic heterocycles. The monoisotopic (exact) mass is 370 g/mol. The zero-order valence-corrected chi connectivity index (χ0v) is 16.7. The Bertz CT molecular complexity index is 387. The van der Waals surface area contributed by atoms with Gasteiger partial charge in [0.1, 0.15) is 5.78 Å². The van der Waals surface area contributed by atoms with Crippen LogP contribution in [0.2, 0.25) is 0 Å². The molecule has 1 unspecified atom stereocenters. The van der Waals surface area contributed by atoms with Crippen LogP contribution in [0, 0.1) is 11.8 Å². The number of hydrogen-bond donors (Lipinski definition) is 2. The van der Waals surface area contributed by atoms with Crippen molar-refractivity contribution in [3.05, 3.63) is 0 Å². The Kier molecular flexibility index (Phi) is 15.0. The summed E-state index contributed by atoms with van der Waals surface area (Å²) in [6.07, 6.45) is 11.3. The smallest absolute Gasteiger partial charge is 0.303 e. The van der Waals surface area contributed by atoms with Crippen molar-refractivity contribution in [2.45, 2.75) is 104 Å². The first-order valence-corrected chi connectivity index (χ1v) is 10.4. The Morgan fingerprint density at radius 3 is 1.73 bits per heavy atom. The molecule has 0 saturated carbocycles. The van der Waals surface area contributed by atoms with Crippen LogP contribution in [-0.2, 0) is 14.4 Å². The molecule has 0 aliphatic carbocycles. The van der Waals surface area contributed by atoms with Crippen molar-refractivity contribution in [3.63, 3.8) is 0 Å². The molecule has 0 aromatic rings. The van der Waals surface area contributed by atoms with Crippen LogP contribution >= 0.6 is 0 Å². The third kappa shape index (κ3) is 13.9. The van der Waals surface area contributed by atoms with E-state index in [0.29, 0.717) is 12.3 Å². The fourth-order valence-corrected chi connectivity index (χ4v) is 3.48. The molecule has 1 atom stereocenters. The van der Waals surface area contributed by atoms with Crippen LogP contribution in [0.5, 0.6) is 0 Å². The predicted molar refractivity (Wildman–Crippen MR) is 103 cm³/mol. The number of unbranched alkanes of at least 4 members (excludes halogenated alkanes) is 5. The maximum absolute atomic E-state index is 12.6. The minimum Gasteiger partial charge on any atom is -0.481 e. The van der Waals surface area contributed by atoms with Gasteiger partial charge in [0.2, 0.25) is 0 Å². The predicted octanol–water partition coefficient (Wildman–Crippen LogP) is 5.46. The second-order valence-electron chi connectivity index (χ2n) is 7.44. The van der Waals surface area contributed by atoms with E-state index in [4.69, 9.17) is 10.2 Å². The number of carbonyl (C=O) groups excluding carboxylic acids is 1. The van der Waals surface area contributed by atoms with Gasteiger partial charge in [-0.25, -0.2) is 0 Å². The van der Waals surface area contributed by atoms with Crippen LogP contribution in [0.4, 0.5) is 0 Å². The van der Waals surface area contributed by atoms with Crippen LogP contribution in [0.1, 0.15) is 104 Å². The molecule has 0 amide bonds. The van der Waals surface area contributed by atoms with Crippen LogP contribution < -0.4 is 0 Å². The molecule has 2 N–H and O–H groups in total. The number of aliphatic carboxylic acids is 2. The third-order valence-electron chi connectivity index (χ3n) is 5.02. The molecule has 26 heavy (non-hydrogen) atoms. The van der Waals surface area contributed by atoms with Gasteiger partial charge < -0.3 is 10.2 Å². The Morgan fingerprint density at radius 1 is 0.692 bits per heavy atom. The number of carbonyl (C=O) groups is 3. The molecule has 5 heteroatoms. The molecule has 0 aliphatic heterocycles. The van der Waals surface area contributed by atoms with E-state index < -0.39 is 17.9 Å². The lowest BCUT2D eigenvalue weighted by Crippen LogP contribution is -2.20. The fourth-order valence-electron chi connectivity index (χ4n) is 3.48. The molecule has 152 valence electrons. The van der Waals surface area contributed by atoms with Crippen LogP contribution in [-0.4, -0.2) is 27.9 Å². The zero-order valence-electron chi connectivity index (χ0n) is 16.7. The van der Waals surface area contributed by atoms with E-state index in [1.54, 1.807) is 0 Å². The summed E-state index contributed by atoms with van der Waals surface area (Å²) in [5.41, 5.74) is 0. The summed E-state index contributed by atoms with van der Waals surface area (Å²) in [5.74, 6) is -1.91. The van der Waals surface area contributed by atoms with Gasteiger partial charge in [-0.15, -0.1) is 0 Å². The van der Waals surface area contributed by atoms with Gasteiger partial charge in [0.25, 0.3) is 0 Å². The van der Waals surface area contributed by atoms with Gasteiger partial charge in [-0.1, -0.05) is 71.6 Å². The van der Waals surface area contributed by atoms with E-state index >= 15 is 0 Å². The number of Topliss-reactive ketones (excluding diaryl/α,β-unsaturated/α-hetero) is 1. The summed E-state index contributed by atoms with van der Waals surface area (Å²) in [7, 11) is 0. The van der Waals surface area contributed by atoms with Crippen molar-refractivity contribution in [3.8, 4) is 0 Å². The average Bonchev–Trinajstić information content (AvgIpc) is 2.57. The molecule has 0 aromatic carbocycles. The van der Waals surface area contributed by atoms with Gasteiger partial charge in [-0.2, -0.15) is 0 Å². The first-order valence-electron chi connectivity index (χ1n) is 10.4. The van der Waals surface area contributed by atoms with Gasteiger partial charge in [0, 0.05) is 25.2 Å². The SMILES string of the molecule is CCCCCCCCC(CCC)CC(=O)C(CCC(=O)O)CCC(=O)O. The molecule has 0 heterocycles. The molecule has 5 nitrogen and oxygen atoms in total. The highest BCUT2D eigenvalue weighted by atomic mass is 16.4.